The Bertz CT molecular complexity index is 417. The molecule has 17 heavy (non-hydrogen) atoms. The summed E-state index contributed by atoms with van der Waals surface area (Å²) >= 11 is 0. The first kappa shape index (κ1) is 11.6. The average molecular weight is 237 g/mol. The third-order valence-electron chi connectivity index (χ3n) is 2.76. The number of nitrogens with zero attached hydrogens (tertiary/aromatic N) is 2. The van der Waals surface area contributed by atoms with Gasteiger partial charge in [0.15, 0.2) is 0 Å². The highest BCUT2D eigenvalue weighted by atomic mass is 16.6. The van der Waals surface area contributed by atoms with E-state index in [0.717, 1.165) is 31.9 Å². The largest absolute Gasteiger partial charge is 0.369 e. The van der Waals surface area contributed by atoms with Crippen LogP contribution >= 0.6 is 0 Å². The van der Waals surface area contributed by atoms with Crippen molar-refractivity contribution >= 4 is 17.1 Å². The lowest BCUT2D eigenvalue weighted by molar-refractivity contribution is -0.384. The van der Waals surface area contributed by atoms with E-state index in [1.165, 1.54) is 6.07 Å². The molecule has 92 valence electrons. The summed E-state index contributed by atoms with van der Waals surface area (Å²) in [5.41, 5.74) is 3.88. The minimum atomic E-state index is -0.410. The zero-order chi connectivity index (χ0) is 12.3. The van der Waals surface area contributed by atoms with E-state index >= 15 is 0 Å². The maximum Gasteiger partial charge on any atom is 0.273 e. The zero-order valence-electron chi connectivity index (χ0n) is 9.35. The Hall–Kier alpha value is -1.86. The summed E-state index contributed by atoms with van der Waals surface area (Å²) < 4.78 is 0. The molecule has 0 aliphatic carbocycles. The molecule has 1 aromatic rings. The molecular weight excluding hydrogens is 222 g/mol. The third-order valence-corrected chi connectivity index (χ3v) is 2.76. The molecule has 0 radical (unpaired) electrons. The third kappa shape index (κ3) is 2.63. The number of hydrogen-bond acceptors (Lipinski definition) is 6. The first-order valence-corrected chi connectivity index (χ1v) is 5.42. The van der Waals surface area contributed by atoms with E-state index in [0.29, 0.717) is 5.69 Å². The molecule has 0 atom stereocenters. The van der Waals surface area contributed by atoms with Crippen molar-refractivity contribution in [1.29, 1.82) is 0 Å². The van der Waals surface area contributed by atoms with Gasteiger partial charge in [-0.15, -0.1) is 0 Å². The van der Waals surface area contributed by atoms with E-state index in [1.807, 2.05) is 6.07 Å². The highest BCUT2D eigenvalue weighted by Crippen LogP contribution is 2.26. The van der Waals surface area contributed by atoms with Gasteiger partial charge in [0.2, 0.25) is 0 Å². The van der Waals surface area contributed by atoms with Gasteiger partial charge < -0.3 is 15.6 Å². The molecule has 1 heterocycles. The summed E-state index contributed by atoms with van der Waals surface area (Å²) in [6.45, 7) is 3.44. The van der Waals surface area contributed by atoms with E-state index in [9.17, 15) is 10.1 Å². The van der Waals surface area contributed by atoms with Crippen LogP contribution in [-0.4, -0.2) is 31.1 Å². The summed E-state index contributed by atoms with van der Waals surface area (Å²) in [6, 6.07) is 4.82. The second-order valence-corrected chi connectivity index (χ2v) is 3.88. The number of benzene rings is 1. The number of nitro groups is 1. The van der Waals surface area contributed by atoms with Gasteiger partial charge in [-0.2, -0.15) is 0 Å². The predicted molar refractivity (Wildman–Crippen MR) is 66.0 cm³/mol. The molecule has 1 saturated heterocycles. The average Bonchev–Trinajstić information content (AvgIpc) is 2.39. The van der Waals surface area contributed by atoms with Crippen LogP contribution in [-0.2, 0) is 0 Å². The van der Waals surface area contributed by atoms with Gasteiger partial charge in [-0.1, -0.05) is 0 Å². The van der Waals surface area contributed by atoms with E-state index in [4.69, 9.17) is 5.84 Å². The molecule has 0 spiro atoms. The fourth-order valence-electron chi connectivity index (χ4n) is 1.89. The quantitative estimate of drug-likeness (QED) is 0.397. The van der Waals surface area contributed by atoms with Gasteiger partial charge in [-0.25, -0.2) is 0 Å². The number of nitrogens with one attached hydrogen (secondary N) is 2. The molecular formula is C10H15N5O2. The molecule has 4 N–H and O–H groups in total. The number of piperazine rings is 1. The van der Waals surface area contributed by atoms with Gasteiger partial charge >= 0.3 is 0 Å². The van der Waals surface area contributed by atoms with E-state index in [1.54, 1.807) is 6.07 Å². The van der Waals surface area contributed by atoms with Crippen LogP contribution in [0.3, 0.4) is 0 Å². The van der Waals surface area contributed by atoms with Gasteiger partial charge in [0.1, 0.15) is 0 Å². The van der Waals surface area contributed by atoms with Crippen LogP contribution in [0.25, 0.3) is 0 Å². The second-order valence-electron chi connectivity index (χ2n) is 3.88. The number of nitrogens with two attached hydrogens (primary N) is 1. The number of non-ortho nitro benzene ring substituents is 1. The van der Waals surface area contributed by atoms with Gasteiger partial charge in [-0.3, -0.25) is 16.0 Å². The maximum atomic E-state index is 10.8. The molecule has 0 saturated carbocycles. The highest BCUT2D eigenvalue weighted by molar-refractivity contribution is 5.64. The molecule has 7 heteroatoms. The second kappa shape index (κ2) is 4.98. The Morgan fingerprint density at radius 1 is 1.35 bits per heavy atom. The fourth-order valence-corrected chi connectivity index (χ4v) is 1.89. The summed E-state index contributed by atoms with van der Waals surface area (Å²) in [6.07, 6.45) is 0. The lowest BCUT2D eigenvalue weighted by Gasteiger charge is -2.29. The molecule has 0 amide bonds. The Morgan fingerprint density at radius 3 is 2.65 bits per heavy atom. The lowest BCUT2D eigenvalue weighted by atomic mass is 10.2. The topological polar surface area (TPSA) is 96.5 Å². The Balaban J connectivity index is 2.31. The number of anilines is 2. The molecule has 0 bridgehead atoms. The minimum Gasteiger partial charge on any atom is -0.369 e. The Labute approximate surface area is 98.7 Å². The number of hydrogen-bond donors (Lipinski definition) is 3. The normalized spacial score (nSPS) is 15.7. The Morgan fingerprint density at radius 2 is 2.06 bits per heavy atom. The van der Waals surface area contributed by atoms with Crippen LogP contribution in [0, 0.1) is 10.1 Å². The first-order chi connectivity index (χ1) is 8.20. The predicted octanol–water partition coefficient (Wildman–Crippen LogP) is 0.290. The van der Waals surface area contributed by atoms with Crippen molar-refractivity contribution in [3.8, 4) is 0 Å². The van der Waals surface area contributed by atoms with Crippen molar-refractivity contribution in [2.45, 2.75) is 0 Å². The summed E-state index contributed by atoms with van der Waals surface area (Å²) in [5.74, 6) is 5.31. The van der Waals surface area contributed by atoms with Crippen LogP contribution in [0.5, 0.6) is 0 Å². The van der Waals surface area contributed by atoms with Gasteiger partial charge in [0.05, 0.1) is 10.6 Å². The zero-order valence-corrected chi connectivity index (χ0v) is 9.35. The molecule has 1 aliphatic heterocycles. The van der Waals surface area contributed by atoms with Crippen molar-refractivity contribution in [3.63, 3.8) is 0 Å². The lowest BCUT2D eigenvalue weighted by Crippen LogP contribution is -2.43. The molecule has 1 aromatic carbocycles. The van der Waals surface area contributed by atoms with Crippen LogP contribution in [0.15, 0.2) is 18.2 Å². The van der Waals surface area contributed by atoms with Gasteiger partial charge in [0, 0.05) is 44.0 Å². The SMILES string of the molecule is NNc1cc(N2CCNCC2)cc([N+](=O)[O-])c1. The summed E-state index contributed by atoms with van der Waals surface area (Å²) in [7, 11) is 0. The number of nitrogen functional groups attached to an aromatic ring is 1. The summed E-state index contributed by atoms with van der Waals surface area (Å²) in [5, 5.41) is 14.0. The van der Waals surface area contributed by atoms with Crippen molar-refractivity contribution in [3.05, 3.63) is 28.3 Å². The van der Waals surface area contributed by atoms with Crippen LogP contribution in [0.4, 0.5) is 17.1 Å². The molecule has 1 fully saturated rings. The fraction of sp³-hybridized carbons (Fsp3) is 0.400. The van der Waals surface area contributed by atoms with E-state index in [2.05, 4.69) is 15.6 Å². The molecule has 0 unspecified atom stereocenters. The van der Waals surface area contributed by atoms with E-state index in [-0.39, 0.29) is 5.69 Å². The van der Waals surface area contributed by atoms with Gasteiger partial charge in [0.25, 0.3) is 5.69 Å². The minimum absolute atomic E-state index is 0.0500. The Kier molecular flexibility index (Phi) is 3.40. The smallest absolute Gasteiger partial charge is 0.273 e. The maximum absolute atomic E-state index is 10.8. The molecule has 1 aliphatic rings. The van der Waals surface area contributed by atoms with Crippen molar-refractivity contribution < 1.29 is 4.92 Å². The van der Waals surface area contributed by atoms with Crippen LogP contribution < -0.4 is 21.5 Å². The molecule has 7 nitrogen and oxygen atoms in total. The van der Waals surface area contributed by atoms with Crippen molar-refractivity contribution in [2.75, 3.05) is 36.5 Å². The van der Waals surface area contributed by atoms with Crippen LogP contribution in [0.1, 0.15) is 0 Å². The van der Waals surface area contributed by atoms with Crippen molar-refractivity contribution in [1.82, 2.24) is 5.32 Å². The van der Waals surface area contributed by atoms with Gasteiger partial charge in [-0.05, 0) is 6.07 Å². The number of nitro benzene ring substituents is 1. The number of rotatable bonds is 3. The van der Waals surface area contributed by atoms with E-state index < -0.39 is 4.92 Å². The number of hydrazine groups is 1. The van der Waals surface area contributed by atoms with Crippen LogP contribution in [0.2, 0.25) is 0 Å². The standard InChI is InChI=1S/C10H15N5O2/c11-13-8-5-9(7-10(6-8)15(16)17)14-3-1-12-2-4-14/h5-7,12-13H,1-4,11H2. The monoisotopic (exact) mass is 237 g/mol. The molecule has 2 rings (SSSR count). The summed E-state index contributed by atoms with van der Waals surface area (Å²) in [4.78, 5) is 12.5. The highest BCUT2D eigenvalue weighted by Gasteiger charge is 2.15. The molecule has 0 aromatic heterocycles. The van der Waals surface area contributed by atoms with Crippen molar-refractivity contribution in [2.24, 2.45) is 5.84 Å². The first-order valence-electron chi connectivity index (χ1n) is 5.42.